The van der Waals surface area contributed by atoms with Crippen molar-refractivity contribution in [2.75, 3.05) is 7.11 Å². The maximum atomic E-state index is 10.2. The molecule has 6 heteroatoms. The van der Waals surface area contributed by atoms with Crippen molar-refractivity contribution >= 4 is 0 Å². The Hall–Kier alpha value is -2.12. The van der Waals surface area contributed by atoms with Crippen LogP contribution < -0.4 is 9.47 Å². The first kappa shape index (κ1) is 18.7. The van der Waals surface area contributed by atoms with E-state index in [2.05, 4.69) is 0 Å². The number of hydrogen-bond acceptors (Lipinski definition) is 6. The van der Waals surface area contributed by atoms with Crippen LogP contribution in [-0.4, -0.2) is 53.1 Å². The van der Waals surface area contributed by atoms with Crippen LogP contribution in [0.5, 0.6) is 11.5 Å². The largest absolute Gasteiger partial charge is 0.497 e. The molecule has 3 N–H and O–H groups in total. The molecule has 0 saturated carbocycles. The van der Waals surface area contributed by atoms with Crippen molar-refractivity contribution in [2.45, 2.75) is 44.1 Å². The lowest BCUT2D eigenvalue weighted by Crippen LogP contribution is -2.58. The van der Waals surface area contributed by atoms with Gasteiger partial charge in [0.25, 0.3) is 0 Å². The fraction of sp³-hybridized carbons (Fsp3) is 0.400. The molecule has 1 heterocycles. The van der Waals surface area contributed by atoms with Gasteiger partial charge in [0.1, 0.15) is 29.8 Å². The maximum absolute atomic E-state index is 10.2. The van der Waals surface area contributed by atoms with Crippen molar-refractivity contribution in [3.8, 4) is 11.5 Å². The van der Waals surface area contributed by atoms with Crippen LogP contribution in [0.2, 0.25) is 0 Å². The number of aliphatic hydroxyl groups is 3. The minimum absolute atomic E-state index is 0.558. The second-order valence-electron chi connectivity index (χ2n) is 6.43. The highest BCUT2D eigenvalue weighted by atomic mass is 16.7. The van der Waals surface area contributed by atoms with Crippen molar-refractivity contribution < 1.29 is 29.5 Å². The normalized spacial score (nSPS) is 28.6. The van der Waals surface area contributed by atoms with Crippen LogP contribution in [0.15, 0.2) is 48.5 Å². The molecule has 2 aromatic rings. The fourth-order valence-corrected chi connectivity index (χ4v) is 2.96. The van der Waals surface area contributed by atoms with Crippen LogP contribution in [0.1, 0.15) is 18.1 Å². The molecular weight excluding hydrogens is 336 g/mol. The Morgan fingerprint density at radius 2 is 1.62 bits per heavy atom. The van der Waals surface area contributed by atoms with Crippen molar-refractivity contribution in [1.82, 2.24) is 0 Å². The van der Waals surface area contributed by atoms with Crippen LogP contribution in [0.25, 0.3) is 0 Å². The molecule has 1 saturated heterocycles. The van der Waals surface area contributed by atoms with Gasteiger partial charge in [0.05, 0.1) is 13.2 Å². The summed E-state index contributed by atoms with van der Waals surface area (Å²) >= 11 is 0. The minimum atomic E-state index is -1.34. The summed E-state index contributed by atoms with van der Waals surface area (Å²) in [4.78, 5) is 0. The van der Waals surface area contributed by atoms with E-state index in [1.165, 1.54) is 0 Å². The minimum Gasteiger partial charge on any atom is -0.497 e. The summed E-state index contributed by atoms with van der Waals surface area (Å²) in [5.74, 6) is 1.35. The molecule has 0 aliphatic carbocycles. The van der Waals surface area contributed by atoms with E-state index in [9.17, 15) is 15.3 Å². The first-order valence-corrected chi connectivity index (χ1v) is 8.56. The van der Waals surface area contributed by atoms with Crippen molar-refractivity contribution in [3.05, 3.63) is 59.7 Å². The Morgan fingerprint density at radius 1 is 0.923 bits per heavy atom. The summed E-state index contributed by atoms with van der Waals surface area (Å²) < 4.78 is 16.5. The molecule has 26 heavy (non-hydrogen) atoms. The summed E-state index contributed by atoms with van der Waals surface area (Å²) in [5.41, 5.74) is 2.00. The number of benzene rings is 2. The molecule has 5 unspecified atom stereocenters. The zero-order valence-electron chi connectivity index (χ0n) is 14.8. The van der Waals surface area contributed by atoms with Gasteiger partial charge < -0.3 is 29.5 Å². The third-order valence-corrected chi connectivity index (χ3v) is 4.58. The standard InChI is InChI=1S/C20H24O6/c1-12-17(21)18(22)19(23)20(25-12)26-16-6-4-3-5-14(16)11-13-7-9-15(24-2)10-8-13/h3-10,12,17-23H,11H2,1-2H3. The van der Waals surface area contributed by atoms with Gasteiger partial charge >= 0.3 is 0 Å². The van der Waals surface area contributed by atoms with Gasteiger partial charge in [-0.3, -0.25) is 0 Å². The van der Waals surface area contributed by atoms with E-state index in [1.807, 2.05) is 42.5 Å². The first-order chi connectivity index (χ1) is 12.5. The SMILES string of the molecule is COc1ccc(Cc2ccccc2OC2OC(C)C(O)C(O)C2O)cc1. The summed E-state index contributed by atoms with van der Waals surface area (Å²) in [6, 6.07) is 15.2. The second kappa shape index (κ2) is 8.05. The van der Waals surface area contributed by atoms with E-state index >= 15 is 0 Å². The molecule has 3 rings (SSSR count). The zero-order chi connectivity index (χ0) is 18.7. The molecule has 6 nitrogen and oxygen atoms in total. The number of rotatable bonds is 5. The van der Waals surface area contributed by atoms with Gasteiger partial charge in [-0.05, 0) is 36.2 Å². The summed E-state index contributed by atoms with van der Waals surface area (Å²) in [6.45, 7) is 1.62. The third kappa shape index (κ3) is 3.99. The Morgan fingerprint density at radius 3 is 2.31 bits per heavy atom. The second-order valence-corrected chi connectivity index (χ2v) is 6.43. The molecular formula is C20H24O6. The van der Waals surface area contributed by atoms with E-state index in [0.717, 1.165) is 16.9 Å². The first-order valence-electron chi connectivity index (χ1n) is 8.56. The Kier molecular flexibility index (Phi) is 5.78. The van der Waals surface area contributed by atoms with Gasteiger partial charge in [-0.2, -0.15) is 0 Å². The molecule has 0 amide bonds. The van der Waals surface area contributed by atoms with Gasteiger partial charge in [0.15, 0.2) is 0 Å². The Bertz CT molecular complexity index is 716. The molecule has 5 atom stereocenters. The molecule has 140 valence electrons. The van der Waals surface area contributed by atoms with Gasteiger partial charge in [-0.25, -0.2) is 0 Å². The lowest BCUT2D eigenvalue weighted by molar-refractivity contribution is -0.268. The lowest BCUT2D eigenvalue weighted by Gasteiger charge is -2.39. The number of methoxy groups -OCH3 is 1. The number of ether oxygens (including phenoxy) is 3. The van der Waals surface area contributed by atoms with E-state index in [0.29, 0.717) is 12.2 Å². The van der Waals surface area contributed by atoms with Crippen LogP contribution >= 0.6 is 0 Å². The number of aliphatic hydroxyl groups excluding tert-OH is 3. The van der Waals surface area contributed by atoms with E-state index in [4.69, 9.17) is 14.2 Å². The van der Waals surface area contributed by atoms with Gasteiger partial charge in [0, 0.05) is 6.42 Å². The number of para-hydroxylation sites is 1. The molecule has 1 fully saturated rings. The summed E-state index contributed by atoms with van der Waals surface area (Å²) in [5, 5.41) is 29.9. The molecule has 0 radical (unpaired) electrons. The molecule has 2 aromatic carbocycles. The molecule has 1 aliphatic heterocycles. The van der Waals surface area contributed by atoms with Gasteiger partial charge in [-0.1, -0.05) is 30.3 Å². The van der Waals surface area contributed by atoms with E-state index < -0.39 is 30.7 Å². The fourth-order valence-electron chi connectivity index (χ4n) is 2.96. The highest BCUT2D eigenvalue weighted by Crippen LogP contribution is 2.28. The van der Waals surface area contributed by atoms with Crippen molar-refractivity contribution in [3.63, 3.8) is 0 Å². The average molecular weight is 360 g/mol. The van der Waals surface area contributed by atoms with E-state index in [1.54, 1.807) is 20.1 Å². The lowest BCUT2D eigenvalue weighted by atomic mass is 10.00. The zero-order valence-corrected chi connectivity index (χ0v) is 14.8. The van der Waals surface area contributed by atoms with Crippen LogP contribution in [0.3, 0.4) is 0 Å². The Labute approximate surface area is 152 Å². The summed E-state index contributed by atoms with van der Waals surface area (Å²) in [7, 11) is 1.62. The number of hydrogen-bond donors (Lipinski definition) is 3. The molecule has 0 bridgehead atoms. The van der Waals surface area contributed by atoms with Crippen LogP contribution in [-0.2, 0) is 11.2 Å². The van der Waals surface area contributed by atoms with Crippen molar-refractivity contribution in [1.29, 1.82) is 0 Å². The van der Waals surface area contributed by atoms with Crippen LogP contribution in [0.4, 0.5) is 0 Å². The smallest absolute Gasteiger partial charge is 0.229 e. The molecule has 0 aromatic heterocycles. The average Bonchev–Trinajstić information content (AvgIpc) is 2.66. The van der Waals surface area contributed by atoms with Gasteiger partial charge in [0.2, 0.25) is 6.29 Å². The Balaban J connectivity index is 1.76. The predicted octanol–water partition coefficient (Wildman–Crippen LogP) is 1.49. The monoisotopic (exact) mass is 360 g/mol. The third-order valence-electron chi connectivity index (χ3n) is 4.58. The molecule has 1 aliphatic rings. The molecule has 0 spiro atoms. The van der Waals surface area contributed by atoms with Crippen LogP contribution in [0, 0.1) is 0 Å². The van der Waals surface area contributed by atoms with Gasteiger partial charge in [-0.15, -0.1) is 0 Å². The quantitative estimate of drug-likeness (QED) is 0.749. The maximum Gasteiger partial charge on any atom is 0.229 e. The summed E-state index contributed by atoms with van der Waals surface area (Å²) in [6.07, 6.45) is -4.89. The van der Waals surface area contributed by atoms with E-state index in [-0.39, 0.29) is 0 Å². The highest BCUT2D eigenvalue weighted by molar-refractivity contribution is 5.39. The highest BCUT2D eigenvalue weighted by Gasteiger charge is 2.43. The predicted molar refractivity (Wildman–Crippen MR) is 95.2 cm³/mol. The van der Waals surface area contributed by atoms with Crippen molar-refractivity contribution in [2.24, 2.45) is 0 Å². The topological polar surface area (TPSA) is 88.4 Å².